The van der Waals surface area contributed by atoms with Crippen molar-refractivity contribution in [2.24, 2.45) is 5.92 Å². The molecule has 1 saturated heterocycles. The van der Waals surface area contributed by atoms with Crippen LogP contribution in [0.1, 0.15) is 65.0 Å². The van der Waals surface area contributed by atoms with Gasteiger partial charge in [-0.25, -0.2) is 4.79 Å². The van der Waals surface area contributed by atoms with Crippen molar-refractivity contribution in [3.8, 4) is 0 Å². The van der Waals surface area contributed by atoms with E-state index < -0.39 is 17.3 Å². The van der Waals surface area contributed by atoms with E-state index in [-0.39, 0.29) is 6.09 Å². The first-order valence-corrected chi connectivity index (χ1v) is 10.8. The van der Waals surface area contributed by atoms with Crippen LogP contribution in [0.4, 0.5) is 18.0 Å². The standard InChI is InChI=1S/C23H35F3N2O2/c1-6-17(2)15-28(16-18-7-9-19(10-8-18)23(24,25)26)20-11-13-27(14-12-20)21(29)30-22(3,4)5/h7-10,17,20H,6,11-16H2,1-5H3. The van der Waals surface area contributed by atoms with Crippen molar-refractivity contribution in [2.75, 3.05) is 19.6 Å². The minimum Gasteiger partial charge on any atom is -0.444 e. The second-order valence-electron chi connectivity index (χ2n) is 9.34. The van der Waals surface area contributed by atoms with E-state index in [2.05, 4.69) is 18.7 Å². The maximum atomic E-state index is 12.8. The predicted molar refractivity (Wildman–Crippen MR) is 112 cm³/mol. The summed E-state index contributed by atoms with van der Waals surface area (Å²) in [4.78, 5) is 16.4. The van der Waals surface area contributed by atoms with Gasteiger partial charge < -0.3 is 9.64 Å². The van der Waals surface area contributed by atoms with Gasteiger partial charge >= 0.3 is 12.3 Å². The molecule has 7 heteroatoms. The average molecular weight is 429 g/mol. The number of ether oxygens (including phenoxy) is 1. The summed E-state index contributed by atoms with van der Waals surface area (Å²) in [5, 5.41) is 0. The zero-order valence-corrected chi connectivity index (χ0v) is 18.8. The van der Waals surface area contributed by atoms with Gasteiger partial charge in [-0.1, -0.05) is 32.4 Å². The number of hydrogen-bond donors (Lipinski definition) is 0. The second kappa shape index (κ2) is 10.0. The van der Waals surface area contributed by atoms with Crippen molar-refractivity contribution in [2.45, 2.75) is 78.2 Å². The third kappa shape index (κ3) is 7.49. The molecule has 4 nitrogen and oxygen atoms in total. The first-order chi connectivity index (χ1) is 13.9. The molecule has 30 heavy (non-hydrogen) atoms. The molecule has 170 valence electrons. The van der Waals surface area contributed by atoms with Crippen LogP contribution in [0.25, 0.3) is 0 Å². The molecule has 1 unspecified atom stereocenters. The molecule has 0 spiro atoms. The lowest BCUT2D eigenvalue weighted by atomic mass is 9.99. The van der Waals surface area contributed by atoms with Gasteiger partial charge in [-0.2, -0.15) is 13.2 Å². The van der Waals surface area contributed by atoms with E-state index in [1.165, 1.54) is 0 Å². The summed E-state index contributed by atoms with van der Waals surface area (Å²) in [5.74, 6) is 0.489. The summed E-state index contributed by atoms with van der Waals surface area (Å²) in [6, 6.07) is 5.74. The number of benzene rings is 1. The number of amides is 1. The Labute approximate surface area is 178 Å². The van der Waals surface area contributed by atoms with E-state index in [0.717, 1.165) is 43.5 Å². The highest BCUT2D eigenvalue weighted by atomic mass is 19.4. The summed E-state index contributed by atoms with van der Waals surface area (Å²) < 4.78 is 44.0. The van der Waals surface area contributed by atoms with Gasteiger partial charge in [0.05, 0.1) is 5.56 Å². The topological polar surface area (TPSA) is 32.8 Å². The first kappa shape index (κ1) is 24.5. The van der Waals surface area contributed by atoms with Crippen molar-refractivity contribution in [1.29, 1.82) is 0 Å². The number of halogens is 3. The number of piperidine rings is 1. The van der Waals surface area contributed by atoms with Gasteiger partial charge in [0.2, 0.25) is 0 Å². The smallest absolute Gasteiger partial charge is 0.416 e. The van der Waals surface area contributed by atoms with Crippen LogP contribution >= 0.6 is 0 Å². The third-order valence-electron chi connectivity index (χ3n) is 5.54. The summed E-state index contributed by atoms with van der Waals surface area (Å²) in [6.45, 7) is 12.7. The highest BCUT2D eigenvalue weighted by Crippen LogP contribution is 2.30. The van der Waals surface area contributed by atoms with Gasteiger partial charge in [-0.05, 0) is 57.2 Å². The number of nitrogens with zero attached hydrogens (tertiary/aromatic N) is 2. The minimum absolute atomic E-state index is 0.280. The molecule has 1 aromatic carbocycles. The van der Waals surface area contributed by atoms with E-state index in [1.807, 2.05) is 20.8 Å². The molecule has 0 bridgehead atoms. The number of carbonyl (C=O) groups is 1. The van der Waals surface area contributed by atoms with Crippen LogP contribution in [-0.2, 0) is 17.5 Å². The number of rotatable bonds is 6. The normalized spacial score (nSPS) is 17.3. The highest BCUT2D eigenvalue weighted by Gasteiger charge is 2.31. The van der Waals surface area contributed by atoms with Gasteiger partial charge in [-0.3, -0.25) is 4.90 Å². The van der Waals surface area contributed by atoms with Crippen LogP contribution in [0.15, 0.2) is 24.3 Å². The molecule has 0 aromatic heterocycles. The summed E-state index contributed by atoms with van der Waals surface area (Å²) >= 11 is 0. The van der Waals surface area contributed by atoms with Crippen molar-refractivity contribution in [1.82, 2.24) is 9.80 Å². The number of hydrogen-bond acceptors (Lipinski definition) is 3. The number of likely N-dealkylation sites (tertiary alicyclic amines) is 1. The zero-order chi connectivity index (χ0) is 22.5. The molecule has 0 N–H and O–H groups in total. The molecule has 0 saturated carbocycles. The maximum Gasteiger partial charge on any atom is 0.416 e. The van der Waals surface area contributed by atoms with Crippen molar-refractivity contribution in [3.63, 3.8) is 0 Å². The fourth-order valence-electron chi connectivity index (χ4n) is 3.65. The van der Waals surface area contributed by atoms with E-state index in [1.54, 1.807) is 17.0 Å². The molecule has 1 aliphatic heterocycles. The molecule has 1 heterocycles. The van der Waals surface area contributed by atoms with Crippen molar-refractivity contribution < 1.29 is 22.7 Å². The van der Waals surface area contributed by atoms with Crippen LogP contribution in [0, 0.1) is 5.92 Å². The largest absolute Gasteiger partial charge is 0.444 e. The van der Waals surface area contributed by atoms with Gasteiger partial charge in [0.15, 0.2) is 0 Å². The zero-order valence-electron chi connectivity index (χ0n) is 18.8. The number of alkyl halides is 3. The molecular weight excluding hydrogens is 393 g/mol. The lowest BCUT2D eigenvalue weighted by Crippen LogP contribution is -2.48. The number of carbonyl (C=O) groups excluding carboxylic acids is 1. The molecule has 1 aliphatic rings. The van der Waals surface area contributed by atoms with Crippen LogP contribution in [0.2, 0.25) is 0 Å². The van der Waals surface area contributed by atoms with E-state index in [4.69, 9.17) is 4.74 Å². The molecule has 1 atom stereocenters. The van der Waals surface area contributed by atoms with Gasteiger partial charge in [0.25, 0.3) is 0 Å². The van der Waals surface area contributed by atoms with Crippen LogP contribution in [0.3, 0.4) is 0 Å². The van der Waals surface area contributed by atoms with E-state index in [9.17, 15) is 18.0 Å². The molecule has 1 amide bonds. The molecule has 0 radical (unpaired) electrons. The predicted octanol–water partition coefficient (Wildman–Crippen LogP) is 5.95. The van der Waals surface area contributed by atoms with Crippen LogP contribution in [0.5, 0.6) is 0 Å². The Balaban J connectivity index is 2.02. The Morgan fingerprint density at radius 3 is 2.20 bits per heavy atom. The van der Waals surface area contributed by atoms with E-state index >= 15 is 0 Å². The quantitative estimate of drug-likeness (QED) is 0.561. The van der Waals surface area contributed by atoms with Gasteiger partial charge in [0, 0.05) is 32.2 Å². The second-order valence-corrected chi connectivity index (χ2v) is 9.34. The Morgan fingerprint density at radius 2 is 1.73 bits per heavy atom. The first-order valence-electron chi connectivity index (χ1n) is 10.8. The SMILES string of the molecule is CCC(C)CN(Cc1ccc(C(F)(F)F)cc1)C1CCN(C(=O)OC(C)(C)C)CC1. The Bertz CT molecular complexity index is 675. The molecule has 1 aromatic rings. The lowest BCUT2D eigenvalue weighted by molar-refractivity contribution is -0.137. The fraction of sp³-hybridized carbons (Fsp3) is 0.696. The maximum absolute atomic E-state index is 12.8. The van der Waals surface area contributed by atoms with E-state index in [0.29, 0.717) is 31.6 Å². The molecule has 2 rings (SSSR count). The molecule has 1 fully saturated rings. The summed E-state index contributed by atoms with van der Waals surface area (Å²) in [5.41, 5.74) is -0.259. The third-order valence-corrected chi connectivity index (χ3v) is 5.54. The summed E-state index contributed by atoms with van der Waals surface area (Å²) in [6.07, 6.45) is -1.90. The Hall–Kier alpha value is -1.76. The fourth-order valence-corrected chi connectivity index (χ4v) is 3.65. The summed E-state index contributed by atoms with van der Waals surface area (Å²) in [7, 11) is 0. The Kier molecular flexibility index (Phi) is 8.20. The monoisotopic (exact) mass is 428 g/mol. The van der Waals surface area contributed by atoms with Crippen LogP contribution < -0.4 is 0 Å². The van der Waals surface area contributed by atoms with Gasteiger partial charge in [-0.15, -0.1) is 0 Å². The van der Waals surface area contributed by atoms with Crippen LogP contribution in [-0.4, -0.2) is 47.2 Å². The highest BCUT2D eigenvalue weighted by molar-refractivity contribution is 5.68. The van der Waals surface area contributed by atoms with Crippen molar-refractivity contribution >= 4 is 6.09 Å². The van der Waals surface area contributed by atoms with Crippen molar-refractivity contribution in [3.05, 3.63) is 35.4 Å². The molecular formula is C23H35F3N2O2. The Morgan fingerprint density at radius 1 is 1.17 bits per heavy atom. The lowest BCUT2D eigenvalue weighted by Gasteiger charge is -2.40. The average Bonchev–Trinajstić information content (AvgIpc) is 2.66. The minimum atomic E-state index is -4.32. The van der Waals surface area contributed by atoms with Gasteiger partial charge in [0.1, 0.15) is 5.60 Å². The molecule has 0 aliphatic carbocycles.